The molecule has 0 spiro atoms. The minimum absolute atomic E-state index is 0.419. The van der Waals surface area contributed by atoms with Crippen molar-refractivity contribution in [2.75, 3.05) is 19.1 Å². The number of fused-ring (bicyclic) bond motifs is 1. The molecule has 20 heavy (non-hydrogen) atoms. The largest absolute Gasteiger partial charge is 0.481 e. The number of nitrogen functional groups attached to an aromatic ring is 1. The van der Waals surface area contributed by atoms with Crippen LogP contribution in [0.15, 0.2) is 41.3 Å². The van der Waals surface area contributed by atoms with Gasteiger partial charge in [-0.25, -0.2) is 4.98 Å². The Hall–Kier alpha value is -2.21. The summed E-state index contributed by atoms with van der Waals surface area (Å²) in [4.78, 5) is 9.92. The van der Waals surface area contributed by atoms with E-state index in [-0.39, 0.29) is 0 Å². The Balaban J connectivity index is 2.32. The van der Waals surface area contributed by atoms with Gasteiger partial charge in [-0.3, -0.25) is 4.57 Å². The van der Waals surface area contributed by atoms with Crippen molar-refractivity contribution in [1.82, 2.24) is 14.5 Å². The van der Waals surface area contributed by atoms with E-state index in [4.69, 9.17) is 10.5 Å². The predicted octanol–water partition coefficient (Wildman–Crippen LogP) is 2.73. The van der Waals surface area contributed by atoms with Gasteiger partial charge in [-0.05, 0) is 24.5 Å². The van der Waals surface area contributed by atoms with Crippen LogP contribution in [0.3, 0.4) is 0 Å². The summed E-state index contributed by atoms with van der Waals surface area (Å²) in [7, 11) is 1.59. The first-order chi connectivity index (χ1) is 9.74. The van der Waals surface area contributed by atoms with Gasteiger partial charge in [0.25, 0.3) is 0 Å². The maximum atomic E-state index is 6.06. The van der Waals surface area contributed by atoms with Crippen LogP contribution in [0.2, 0.25) is 0 Å². The second-order valence-electron chi connectivity index (χ2n) is 4.17. The Morgan fingerprint density at radius 2 is 1.95 bits per heavy atom. The molecular formula is C14H14N4OS. The highest BCUT2D eigenvalue weighted by Crippen LogP contribution is 2.29. The highest BCUT2D eigenvalue weighted by Gasteiger charge is 2.14. The number of hydrogen-bond acceptors (Lipinski definition) is 5. The molecule has 0 fully saturated rings. The predicted molar refractivity (Wildman–Crippen MR) is 81.6 cm³/mol. The Labute approximate surface area is 120 Å². The minimum Gasteiger partial charge on any atom is -0.481 e. The monoisotopic (exact) mass is 286 g/mol. The second-order valence-corrected chi connectivity index (χ2v) is 5.02. The van der Waals surface area contributed by atoms with E-state index in [1.165, 1.54) is 0 Å². The number of nitrogens with two attached hydrogens (primary N) is 1. The lowest BCUT2D eigenvalue weighted by molar-refractivity contribution is 0.399. The van der Waals surface area contributed by atoms with E-state index in [1.54, 1.807) is 24.9 Å². The molecule has 0 bridgehead atoms. The van der Waals surface area contributed by atoms with E-state index < -0.39 is 0 Å². The second kappa shape index (κ2) is 5.05. The first kappa shape index (κ1) is 12.8. The van der Waals surface area contributed by atoms with Crippen molar-refractivity contribution < 1.29 is 4.74 Å². The number of aromatic nitrogens is 3. The van der Waals surface area contributed by atoms with Crippen LogP contribution in [-0.4, -0.2) is 27.9 Å². The Kier molecular flexibility index (Phi) is 3.23. The van der Waals surface area contributed by atoms with Gasteiger partial charge in [0.05, 0.1) is 12.8 Å². The Bertz CT molecular complexity index is 769. The van der Waals surface area contributed by atoms with Crippen molar-refractivity contribution in [1.29, 1.82) is 0 Å². The van der Waals surface area contributed by atoms with E-state index in [1.807, 2.05) is 41.2 Å². The number of rotatable bonds is 3. The van der Waals surface area contributed by atoms with Crippen LogP contribution >= 0.6 is 11.8 Å². The van der Waals surface area contributed by atoms with Crippen molar-refractivity contribution >= 4 is 28.9 Å². The zero-order valence-electron chi connectivity index (χ0n) is 11.2. The van der Waals surface area contributed by atoms with Gasteiger partial charge in [0, 0.05) is 11.0 Å². The summed E-state index contributed by atoms with van der Waals surface area (Å²) in [5, 5.41) is 0. The number of nitrogens with zero attached hydrogens (tertiary/aromatic N) is 3. The topological polar surface area (TPSA) is 66.0 Å². The van der Waals surface area contributed by atoms with E-state index in [0.717, 1.165) is 16.1 Å². The Morgan fingerprint density at radius 3 is 2.70 bits per heavy atom. The molecule has 102 valence electrons. The molecule has 0 aliphatic rings. The third-order valence-corrected chi connectivity index (χ3v) is 3.83. The van der Waals surface area contributed by atoms with Crippen LogP contribution in [-0.2, 0) is 0 Å². The third kappa shape index (κ3) is 1.98. The van der Waals surface area contributed by atoms with Gasteiger partial charge in [-0.2, -0.15) is 4.98 Å². The molecule has 0 aliphatic heterocycles. The highest BCUT2D eigenvalue weighted by molar-refractivity contribution is 7.98. The first-order valence-electron chi connectivity index (χ1n) is 6.07. The highest BCUT2D eigenvalue weighted by atomic mass is 32.2. The number of pyridine rings is 1. The molecule has 0 radical (unpaired) electrons. The molecule has 6 heteroatoms. The van der Waals surface area contributed by atoms with Crippen molar-refractivity contribution in [2.45, 2.75) is 4.90 Å². The number of methoxy groups -OCH3 is 1. The molecule has 3 aromatic rings. The van der Waals surface area contributed by atoms with E-state index >= 15 is 0 Å². The number of anilines is 1. The number of imidazole rings is 1. The first-order valence-corrected chi connectivity index (χ1v) is 7.29. The zero-order chi connectivity index (χ0) is 14.1. The van der Waals surface area contributed by atoms with Gasteiger partial charge in [0.15, 0.2) is 5.65 Å². The van der Waals surface area contributed by atoms with E-state index in [2.05, 4.69) is 9.97 Å². The summed E-state index contributed by atoms with van der Waals surface area (Å²) in [5.74, 6) is 0.961. The molecule has 2 N–H and O–H groups in total. The average Bonchev–Trinajstić information content (AvgIpc) is 2.81. The molecule has 0 saturated heterocycles. The van der Waals surface area contributed by atoms with Gasteiger partial charge >= 0.3 is 0 Å². The van der Waals surface area contributed by atoms with Gasteiger partial charge in [0.2, 0.25) is 11.8 Å². The summed E-state index contributed by atoms with van der Waals surface area (Å²) in [5.41, 5.74) is 8.48. The van der Waals surface area contributed by atoms with Crippen molar-refractivity contribution in [3.8, 4) is 11.6 Å². The molecule has 1 aromatic carbocycles. The summed E-state index contributed by atoms with van der Waals surface area (Å²) >= 11 is 1.66. The fourth-order valence-electron chi connectivity index (χ4n) is 2.12. The van der Waals surface area contributed by atoms with E-state index in [9.17, 15) is 0 Å². The number of thioether (sulfide) groups is 1. The van der Waals surface area contributed by atoms with Gasteiger partial charge in [0.1, 0.15) is 5.52 Å². The summed E-state index contributed by atoms with van der Waals surface area (Å²) < 4.78 is 7.03. The smallest absolute Gasteiger partial charge is 0.215 e. The van der Waals surface area contributed by atoms with Crippen LogP contribution in [0.1, 0.15) is 0 Å². The Morgan fingerprint density at radius 1 is 1.15 bits per heavy atom. The molecule has 0 unspecified atom stereocenters. The van der Waals surface area contributed by atoms with Crippen molar-refractivity contribution in [2.24, 2.45) is 0 Å². The molecule has 5 nitrogen and oxygen atoms in total. The van der Waals surface area contributed by atoms with Gasteiger partial charge in [-0.1, -0.05) is 12.1 Å². The number of hydrogen-bond donors (Lipinski definition) is 1. The van der Waals surface area contributed by atoms with Crippen LogP contribution in [0.4, 0.5) is 5.95 Å². The van der Waals surface area contributed by atoms with Crippen LogP contribution < -0.4 is 10.5 Å². The fourth-order valence-corrected chi connectivity index (χ4v) is 2.71. The standard InChI is InChI=1S/C14H14N4OS/c1-19-12-8-7-9-13(17-12)18(14(15)16-9)10-5-3-4-6-11(10)20-2/h3-8H,1-2H3,(H2,15,16). The molecule has 3 rings (SSSR count). The maximum absolute atomic E-state index is 6.06. The van der Waals surface area contributed by atoms with Crippen LogP contribution in [0.5, 0.6) is 5.88 Å². The fraction of sp³-hybridized carbons (Fsp3) is 0.143. The molecule has 0 saturated carbocycles. The lowest BCUT2D eigenvalue weighted by atomic mass is 10.3. The van der Waals surface area contributed by atoms with E-state index in [0.29, 0.717) is 17.5 Å². The summed E-state index contributed by atoms with van der Waals surface area (Å²) in [6.07, 6.45) is 2.03. The van der Waals surface area contributed by atoms with Crippen LogP contribution in [0, 0.1) is 0 Å². The quantitative estimate of drug-likeness (QED) is 0.750. The molecule has 0 atom stereocenters. The molecule has 0 aliphatic carbocycles. The van der Waals surface area contributed by atoms with Gasteiger partial charge in [-0.15, -0.1) is 11.8 Å². The normalized spacial score (nSPS) is 10.9. The molecular weight excluding hydrogens is 272 g/mol. The minimum atomic E-state index is 0.419. The van der Waals surface area contributed by atoms with Gasteiger partial charge < -0.3 is 10.5 Å². The van der Waals surface area contributed by atoms with Crippen molar-refractivity contribution in [3.05, 3.63) is 36.4 Å². The van der Waals surface area contributed by atoms with Crippen LogP contribution in [0.25, 0.3) is 16.9 Å². The molecule has 2 heterocycles. The van der Waals surface area contributed by atoms with Crippen molar-refractivity contribution in [3.63, 3.8) is 0 Å². The maximum Gasteiger partial charge on any atom is 0.215 e. The zero-order valence-corrected chi connectivity index (χ0v) is 12.0. The number of para-hydroxylation sites is 1. The summed E-state index contributed by atoms with van der Waals surface area (Å²) in [6.45, 7) is 0. The summed E-state index contributed by atoms with van der Waals surface area (Å²) in [6, 6.07) is 11.7. The molecule has 0 amide bonds. The number of benzene rings is 1. The number of ether oxygens (including phenoxy) is 1. The lowest BCUT2D eigenvalue weighted by Crippen LogP contribution is -2.03. The average molecular weight is 286 g/mol. The third-order valence-electron chi connectivity index (χ3n) is 3.04. The lowest BCUT2D eigenvalue weighted by Gasteiger charge is -2.10. The molecule has 2 aromatic heterocycles. The SMILES string of the molecule is COc1ccc2nc(N)n(-c3ccccc3SC)c2n1.